The smallest absolute Gasteiger partial charge is 0.339 e. The van der Waals surface area contributed by atoms with E-state index in [0.29, 0.717) is 42.4 Å². The number of piperazine rings is 1. The fourth-order valence-corrected chi connectivity index (χ4v) is 4.95. The minimum atomic E-state index is -0.535. The Morgan fingerprint density at radius 1 is 0.969 bits per heavy atom. The fourth-order valence-electron chi connectivity index (χ4n) is 3.32. The summed E-state index contributed by atoms with van der Waals surface area (Å²) in [5.74, 6) is 0.590. The van der Waals surface area contributed by atoms with E-state index in [9.17, 15) is 14.4 Å². The van der Waals surface area contributed by atoms with E-state index < -0.39 is 5.97 Å². The van der Waals surface area contributed by atoms with Gasteiger partial charge in [-0.1, -0.05) is 18.2 Å². The first-order chi connectivity index (χ1) is 15.6. The molecule has 0 bridgehead atoms. The summed E-state index contributed by atoms with van der Waals surface area (Å²) in [6.45, 7) is 1.44. The van der Waals surface area contributed by atoms with Gasteiger partial charge in [0.05, 0.1) is 22.5 Å². The van der Waals surface area contributed by atoms with Crippen LogP contribution in [0.15, 0.2) is 69.5 Å². The Hall–Kier alpha value is -3.04. The third kappa shape index (κ3) is 5.41. The highest BCUT2D eigenvalue weighted by atomic mass is 32.2. The van der Waals surface area contributed by atoms with Gasteiger partial charge in [0.1, 0.15) is 5.76 Å². The average Bonchev–Trinajstić information content (AvgIpc) is 3.55. The number of esters is 1. The van der Waals surface area contributed by atoms with Gasteiger partial charge >= 0.3 is 5.97 Å². The Bertz CT molecular complexity index is 1060. The lowest BCUT2D eigenvalue weighted by Gasteiger charge is -2.34. The lowest BCUT2D eigenvalue weighted by molar-refractivity contribution is -0.136. The topological polar surface area (TPSA) is 80.1 Å². The molecule has 0 aliphatic carbocycles. The second-order valence-corrected chi connectivity index (χ2v) is 9.06. The highest BCUT2D eigenvalue weighted by Crippen LogP contribution is 2.27. The van der Waals surface area contributed by atoms with Crippen LogP contribution in [0, 0.1) is 0 Å². The van der Waals surface area contributed by atoms with E-state index in [0.717, 1.165) is 10.7 Å². The number of nitrogens with zero attached hydrogens (tertiary/aromatic N) is 2. The average molecular weight is 471 g/mol. The number of hydrogen-bond acceptors (Lipinski definition) is 7. The van der Waals surface area contributed by atoms with Gasteiger partial charge in [0, 0.05) is 31.1 Å². The van der Waals surface area contributed by atoms with E-state index in [1.54, 1.807) is 34.3 Å². The van der Waals surface area contributed by atoms with Gasteiger partial charge in [-0.3, -0.25) is 9.59 Å². The molecule has 1 saturated heterocycles. The highest BCUT2D eigenvalue weighted by Gasteiger charge is 2.26. The van der Waals surface area contributed by atoms with Gasteiger partial charge in [-0.2, -0.15) is 0 Å². The second-order valence-electron chi connectivity index (χ2n) is 7.09. The molecule has 2 amide bonds. The van der Waals surface area contributed by atoms with Crippen molar-refractivity contribution in [3.8, 4) is 0 Å². The molecule has 32 heavy (non-hydrogen) atoms. The third-order valence-corrected chi connectivity index (χ3v) is 6.99. The molecule has 3 heterocycles. The minimum absolute atomic E-state index is 0.0119. The number of furan rings is 1. The molecule has 9 heteroatoms. The van der Waals surface area contributed by atoms with Crippen molar-refractivity contribution in [2.75, 3.05) is 32.8 Å². The van der Waals surface area contributed by atoms with Crippen LogP contribution in [-0.2, 0) is 15.3 Å². The number of thioether (sulfide) groups is 1. The van der Waals surface area contributed by atoms with Crippen molar-refractivity contribution in [1.82, 2.24) is 9.80 Å². The number of benzene rings is 1. The van der Waals surface area contributed by atoms with Crippen molar-refractivity contribution in [1.29, 1.82) is 0 Å². The number of hydrogen-bond donors (Lipinski definition) is 0. The third-order valence-electron chi connectivity index (χ3n) is 5.04. The van der Waals surface area contributed by atoms with Gasteiger partial charge in [-0.15, -0.1) is 23.1 Å². The van der Waals surface area contributed by atoms with Crippen LogP contribution in [0.4, 0.5) is 0 Å². The van der Waals surface area contributed by atoms with Crippen LogP contribution in [-0.4, -0.2) is 60.4 Å². The monoisotopic (exact) mass is 470 g/mol. The molecule has 3 aromatic rings. The molecule has 166 valence electrons. The first-order valence-electron chi connectivity index (χ1n) is 10.1. The SMILES string of the molecule is O=C(OCC(=O)N1CCN(C(=O)c2cccs2)CC1)c1ccccc1SCc1ccco1. The molecule has 0 radical (unpaired) electrons. The molecule has 4 rings (SSSR count). The van der Waals surface area contributed by atoms with Gasteiger partial charge in [0.25, 0.3) is 11.8 Å². The minimum Gasteiger partial charge on any atom is -0.468 e. The zero-order valence-electron chi connectivity index (χ0n) is 17.3. The summed E-state index contributed by atoms with van der Waals surface area (Å²) in [6, 6.07) is 14.5. The van der Waals surface area contributed by atoms with Gasteiger partial charge in [0.15, 0.2) is 6.61 Å². The summed E-state index contributed by atoms with van der Waals surface area (Å²) in [4.78, 5) is 42.4. The number of thiophene rings is 1. The lowest BCUT2D eigenvalue weighted by atomic mass is 10.2. The van der Waals surface area contributed by atoms with Gasteiger partial charge in [-0.25, -0.2) is 4.79 Å². The zero-order valence-corrected chi connectivity index (χ0v) is 18.9. The van der Waals surface area contributed by atoms with Gasteiger partial charge < -0.3 is 19.0 Å². The molecule has 1 aliphatic heterocycles. The first-order valence-corrected chi connectivity index (χ1v) is 12.0. The van der Waals surface area contributed by atoms with Crippen LogP contribution < -0.4 is 0 Å². The fraction of sp³-hybridized carbons (Fsp3) is 0.261. The highest BCUT2D eigenvalue weighted by molar-refractivity contribution is 7.98. The summed E-state index contributed by atoms with van der Waals surface area (Å²) in [5.41, 5.74) is 0.420. The Morgan fingerprint density at radius 3 is 2.47 bits per heavy atom. The molecule has 7 nitrogen and oxygen atoms in total. The van der Waals surface area contributed by atoms with Crippen molar-refractivity contribution in [3.63, 3.8) is 0 Å². The number of ether oxygens (including phenoxy) is 1. The molecule has 0 spiro atoms. The first kappa shape index (κ1) is 22.2. The Kier molecular flexibility index (Phi) is 7.28. The Balaban J connectivity index is 1.26. The van der Waals surface area contributed by atoms with Crippen LogP contribution in [0.3, 0.4) is 0 Å². The standard InChI is InChI=1S/C23H22N2O5S2/c26-21(24-9-11-25(12-10-24)22(27)20-8-4-14-31-20)15-30-23(28)18-6-1-2-7-19(18)32-16-17-5-3-13-29-17/h1-8,13-14H,9-12,15-16H2. The molecule has 0 unspecified atom stereocenters. The summed E-state index contributed by atoms with van der Waals surface area (Å²) in [5, 5.41) is 1.87. The van der Waals surface area contributed by atoms with Crippen LogP contribution in [0.25, 0.3) is 0 Å². The maximum Gasteiger partial charge on any atom is 0.339 e. The van der Waals surface area contributed by atoms with Crippen molar-refractivity contribution < 1.29 is 23.5 Å². The molecule has 0 N–H and O–H groups in total. The second kappa shape index (κ2) is 10.5. The molecule has 1 fully saturated rings. The van der Waals surface area contributed by atoms with Crippen molar-refractivity contribution >= 4 is 40.9 Å². The van der Waals surface area contributed by atoms with E-state index in [4.69, 9.17) is 9.15 Å². The van der Waals surface area contributed by atoms with E-state index in [2.05, 4.69) is 0 Å². The Labute approximate surface area is 193 Å². The van der Waals surface area contributed by atoms with Crippen LogP contribution >= 0.6 is 23.1 Å². The van der Waals surface area contributed by atoms with Crippen molar-refractivity contribution in [2.45, 2.75) is 10.6 Å². The predicted molar refractivity (Wildman–Crippen MR) is 122 cm³/mol. The molecule has 1 aliphatic rings. The largest absolute Gasteiger partial charge is 0.468 e. The Morgan fingerprint density at radius 2 is 1.75 bits per heavy atom. The predicted octanol–water partition coefficient (Wildman–Crippen LogP) is 3.77. The van der Waals surface area contributed by atoms with Crippen LogP contribution in [0.2, 0.25) is 0 Å². The van der Waals surface area contributed by atoms with E-state index in [-0.39, 0.29) is 18.4 Å². The molecule has 0 atom stereocenters. The maximum atomic E-state index is 12.6. The summed E-state index contributed by atoms with van der Waals surface area (Å²) in [7, 11) is 0. The number of amides is 2. The van der Waals surface area contributed by atoms with E-state index in [1.165, 1.54) is 23.1 Å². The summed E-state index contributed by atoms with van der Waals surface area (Å²) in [6.07, 6.45) is 1.61. The normalized spacial score (nSPS) is 13.8. The van der Waals surface area contributed by atoms with Crippen molar-refractivity contribution in [2.24, 2.45) is 0 Å². The summed E-state index contributed by atoms with van der Waals surface area (Å²) < 4.78 is 10.6. The zero-order chi connectivity index (χ0) is 22.3. The molecule has 2 aromatic heterocycles. The molecular weight excluding hydrogens is 448 g/mol. The van der Waals surface area contributed by atoms with Gasteiger partial charge in [0.2, 0.25) is 0 Å². The summed E-state index contributed by atoms with van der Waals surface area (Å²) >= 11 is 2.88. The van der Waals surface area contributed by atoms with Crippen molar-refractivity contribution in [3.05, 3.63) is 76.4 Å². The maximum absolute atomic E-state index is 12.6. The van der Waals surface area contributed by atoms with Crippen LogP contribution in [0.1, 0.15) is 25.8 Å². The number of rotatable bonds is 7. The quantitative estimate of drug-likeness (QED) is 0.386. The molecule has 1 aromatic carbocycles. The molecular formula is C23H22N2O5S2. The molecule has 0 saturated carbocycles. The van der Waals surface area contributed by atoms with Gasteiger partial charge in [-0.05, 0) is 35.7 Å². The lowest BCUT2D eigenvalue weighted by Crippen LogP contribution is -2.51. The number of carbonyl (C=O) groups excluding carboxylic acids is 3. The van der Waals surface area contributed by atoms with E-state index in [1.807, 2.05) is 35.7 Å². The number of carbonyl (C=O) groups is 3. The van der Waals surface area contributed by atoms with Crippen LogP contribution in [0.5, 0.6) is 0 Å². The van der Waals surface area contributed by atoms with E-state index >= 15 is 0 Å².